The molecule has 0 aliphatic carbocycles. The summed E-state index contributed by atoms with van der Waals surface area (Å²) in [5.74, 6) is -4.44. The zero-order valence-electron chi connectivity index (χ0n) is 15.6. The van der Waals surface area contributed by atoms with E-state index in [4.69, 9.17) is 9.47 Å². The molecule has 0 aliphatic rings. The van der Waals surface area contributed by atoms with Gasteiger partial charge in [0.25, 0.3) is 0 Å². The molecule has 27 heavy (non-hydrogen) atoms. The molecule has 1 atom stereocenters. The molecule has 0 amide bonds. The predicted molar refractivity (Wildman–Crippen MR) is 98.7 cm³/mol. The number of hydrogen-bond donors (Lipinski definition) is 2. The number of carbonyl (C=O) groups is 2. The molecule has 6 nitrogen and oxygen atoms in total. The average molecular weight is 372 g/mol. The normalized spacial score (nSPS) is 12.9. The number of esters is 2. The molecule has 0 aromatic heterocycles. The third-order valence-electron chi connectivity index (χ3n) is 4.52. The lowest BCUT2D eigenvalue weighted by molar-refractivity contribution is -0.371. The maximum atomic E-state index is 12.5. The lowest BCUT2D eigenvalue weighted by Crippen LogP contribution is -2.56. The molecule has 0 radical (unpaired) electrons. The van der Waals surface area contributed by atoms with Crippen LogP contribution in [-0.4, -0.2) is 34.2 Å². The first-order chi connectivity index (χ1) is 12.7. The average Bonchev–Trinajstić information content (AvgIpc) is 2.68. The second-order valence-electron chi connectivity index (χ2n) is 6.74. The van der Waals surface area contributed by atoms with Crippen molar-refractivity contribution in [1.82, 2.24) is 0 Å². The lowest BCUT2D eigenvalue weighted by atomic mass is 9.82. The van der Waals surface area contributed by atoms with Crippen LogP contribution in [0.5, 0.6) is 0 Å². The Hall–Kier alpha value is -2.70. The van der Waals surface area contributed by atoms with Crippen molar-refractivity contribution in [3.63, 3.8) is 0 Å². The summed E-state index contributed by atoms with van der Waals surface area (Å²) < 4.78 is 10.4. The van der Waals surface area contributed by atoms with E-state index in [1.807, 2.05) is 0 Å². The molecule has 2 rings (SSSR count). The highest BCUT2D eigenvalue weighted by atomic mass is 16.8. The van der Waals surface area contributed by atoms with Crippen molar-refractivity contribution < 1.29 is 29.3 Å². The molecular formula is C21H24O6. The van der Waals surface area contributed by atoms with Crippen LogP contribution in [0.1, 0.15) is 47.9 Å². The maximum absolute atomic E-state index is 12.5. The zero-order chi connectivity index (χ0) is 20.1. The first kappa shape index (κ1) is 20.6. The molecule has 0 heterocycles. The van der Waals surface area contributed by atoms with E-state index in [2.05, 4.69) is 0 Å². The fourth-order valence-electron chi connectivity index (χ4n) is 2.52. The molecule has 0 spiro atoms. The van der Waals surface area contributed by atoms with Crippen molar-refractivity contribution in [2.45, 2.75) is 39.3 Å². The fourth-order valence-corrected chi connectivity index (χ4v) is 2.52. The molecule has 6 heteroatoms. The quantitative estimate of drug-likeness (QED) is 0.573. The van der Waals surface area contributed by atoms with E-state index in [1.165, 1.54) is 38.1 Å². The Balaban J connectivity index is 2.36. The van der Waals surface area contributed by atoms with Crippen LogP contribution in [-0.2, 0) is 9.47 Å². The first-order valence-electron chi connectivity index (χ1n) is 8.68. The zero-order valence-corrected chi connectivity index (χ0v) is 15.6. The minimum atomic E-state index is -2.68. The monoisotopic (exact) mass is 372 g/mol. The van der Waals surface area contributed by atoms with Crippen molar-refractivity contribution >= 4 is 11.9 Å². The van der Waals surface area contributed by atoms with Crippen molar-refractivity contribution in [3.05, 3.63) is 71.8 Å². The Morgan fingerprint density at radius 3 is 1.59 bits per heavy atom. The molecule has 0 fully saturated rings. The third kappa shape index (κ3) is 4.53. The van der Waals surface area contributed by atoms with Crippen LogP contribution in [0.4, 0.5) is 0 Å². The van der Waals surface area contributed by atoms with Crippen LogP contribution >= 0.6 is 0 Å². The van der Waals surface area contributed by atoms with Crippen molar-refractivity contribution in [2.75, 3.05) is 0 Å². The van der Waals surface area contributed by atoms with Gasteiger partial charge in [0.05, 0.1) is 22.6 Å². The van der Waals surface area contributed by atoms with E-state index in [0.717, 1.165) is 0 Å². The van der Waals surface area contributed by atoms with Gasteiger partial charge in [-0.3, -0.25) is 0 Å². The van der Waals surface area contributed by atoms with Gasteiger partial charge in [-0.1, -0.05) is 43.3 Å². The van der Waals surface area contributed by atoms with Crippen molar-refractivity contribution in [2.24, 2.45) is 5.41 Å². The first-order valence-corrected chi connectivity index (χ1v) is 8.68. The summed E-state index contributed by atoms with van der Waals surface area (Å²) in [5.41, 5.74) is -1.14. The molecule has 2 aromatic carbocycles. The molecule has 144 valence electrons. The van der Waals surface area contributed by atoms with Gasteiger partial charge in [0, 0.05) is 0 Å². The third-order valence-corrected chi connectivity index (χ3v) is 4.52. The van der Waals surface area contributed by atoms with E-state index in [9.17, 15) is 19.8 Å². The Kier molecular flexibility index (Phi) is 6.36. The summed E-state index contributed by atoms with van der Waals surface area (Å²) in [7, 11) is 0. The molecule has 0 bridgehead atoms. The molecule has 0 saturated carbocycles. The molecule has 2 N–H and O–H groups in total. The number of rotatable bonds is 7. The number of aliphatic hydroxyl groups is 2. The molecule has 0 saturated heterocycles. The Bertz CT molecular complexity index is 716. The van der Waals surface area contributed by atoms with E-state index in [1.54, 1.807) is 43.3 Å². The SMILES string of the molecule is CCC(O)C(C)(C)C(O)(OC(=O)c1ccccc1)OC(=O)c1ccccc1. The highest BCUT2D eigenvalue weighted by Crippen LogP contribution is 2.39. The molecule has 1 unspecified atom stereocenters. The van der Waals surface area contributed by atoms with Crippen LogP contribution in [0.15, 0.2) is 60.7 Å². The van der Waals surface area contributed by atoms with Gasteiger partial charge in [0.2, 0.25) is 0 Å². The van der Waals surface area contributed by atoms with Gasteiger partial charge < -0.3 is 19.7 Å². The van der Waals surface area contributed by atoms with Gasteiger partial charge in [0.1, 0.15) is 0 Å². The van der Waals surface area contributed by atoms with E-state index in [-0.39, 0.29) is 17.5 Å². The Labute approximate surface area is 158 Å². The van der Waals surface area contributed by atoms with Crippen molar-refractivity contribution in [1.29, 1.82) is 0 Å². The topological polar surface area (TPSA) is 93.1 Å². The number of benzene rings is 2. The van der Waals surface area contributed by atoms with Gasteiger partial charge in [-0.15, -0.1) is 0 Å². The van der Waals surface area contributed by atoms with Gasteiger partial charge in [-0.25, -0.2) is 9.59 Å². The summed E-state index contributed by atoms with van der Waals surface area (Å²) in [6.45, 7) is 4.61. The van der Waals surface area contributed by atoms with Gasteiger partial charge >= 0.3 is 17.9 Å². The summed E-state index contributed by atoms with van der Waals surface area (Å²) in [6.07, 6.45) is -0.851. The number of ether oxygens (including phenoxy) is 2. The second kappa shape index (κ2) is 8.33. The van der Waals surface area contributed by atoms with Crippen LogP contribution in [0.3, 0.4) is 0 Å². The van der Waals surface area contributed by atoms with Gasteiger partial charge in [-0.2, -0.15) is 0 Å². The van der Waals surface area contributed by atoms with Crippen LogP contribution in [0.25, 0.3) is 0 Å². The highest BCUT2D eigenvalue weighted by molar-refractivity contribution is 5.91. The second-order valence-corrected chi connectivity index (χ2v) is 6.74. The maximum Gasteiger partial charge on any atom is 0.381 e. The highest BCUT2D eigenvalue weighted by Gasteiger charge is 2.55. The van der Waals surface area contributed by atoms with E-state index >= 15 is 0 Å². The minimum absolute atomic E-state index is 0.175. The van der Waals surface area contributed by atoms with Gasteiger partial charge in [-0.05, 0) is 44.5 Å². The van der Waals surface area contributed by atoms with E-state index < -0.39 is 29.4 Å². The van der Waals surface area contributed by atoms with Gasteiger partial charge in [0.15, 0.2) is 0 Å². The largest absolute Gasteiger partial charge is 0.394 e. The fraction of sp³-hybridized carbons (Fsp3) is 0.333. The minimum Gasteiger partial charge on any atom is -0.394 e. The summed E-state index contributed by atoms with van der Waals surface area (Å²) in [6, 6.07) is 16.0. The van der Waals surface area contributed by atoms with Crippen LogP contribution < -0.4 is 0 Å². The Morgan fingerprint density at radius 2 is 1.26 bits per heavy atom. The lowest BCUT2D eigenvalue weighted by Gasteiger charge is -2.42. The van der Waals surface area contributed by atoms with Crippen molar-refractivity contribution in [3.8, 4) is 0 Å². The number of hydrogen-bond acceptors (Lipinski definition) is 6. The van der Waals surface area contributed by atoms with Crippen LogP contribution in [0, 0.1) is 5.41 Å². The smallest absolute Gasteiger partial charge is 0.381 e. The van der Waals surface area contributed by atoms with Crippen LogP contribution in [0.2, 0.25) is 0 Å². The molecular weight excluding hydrogens is 348 g/mol. The summed E-state index contributed by atoms with van der Waals surface area (Å²) in [4.78, 5) is 25.0. The summed E-state index contributed by atoms with van der Waals surface area (Å²) in [5, 5.41) is 21.4. The molecule has 0 aliphatic heterocycles. The number of carbonyl (C=O) groups excluding carboxylic acids is 2. The standard InChI is InChI=1S/C21H24O6/c1-4-17(22)20(2,3)21(25,26-18(23)15-11-7-5-8-12-15)27-19(24)16-13-9-6-10-14-16/h5-14,17,22,25H,4H2,1-3H3. The van der Waals surface area contributed by atoms with E-state index in [0.29, 0.717) is 0 Å². The number of aliphatic hydroxyl groups excluding tert-OH is 1. The Morgan fingerprint density at radius 1 is 0.889 bits per heavy atom. The molecule has 2 aromatic rings. The summed E-state index contributed by atoms with van der Waals surface area (Å²) >= 11 is 0. The predicted octanol–water partition coefficient (Wildman–Crippen LogP) is 3.14.